The summed E-state index contributed by atoms with van der Waals surface area (Å²) < 4.78 is 0. The summed E-state index contributed by atoms with van der Waals surface area (Å²) in [5, 5.41) is 8.66. The van der Waals surface area contributed by atoms with Gasteiger partial charge >= 0.3 is 0 Å². The van der Waals surface area contributed by atoms with Crippen LogP contribution in [0, 0.1) is 11.3 Å². The monoisotopic (exact) mass is 175 g/mol. The van der Waals surface area contributed by atoms with Crippen LogP contribution in [0.5, 0.6) is 0 Å². The fourth-order valence-corrected chi connectivity index (χ4v) is 1.34. The molecule has 2 heterocycles. The van der Waals surface area contributed by atoms with Crippen molar-refractivity contribution in [2.75, 3.05) is 6.61 Å². The molecule has 1 fully saturated rings. The third-order valence-electron chi connectivity index (χ3n) is 2.03. The van der Waals surface area contributed by atoms with E-state index in [1.54, 1.807) is 12.4 Å². The maximum absolute atomic E-state index is 8.66. The van der Waals surface area contributed by atoms with Crippen molar-refractivity contribution in [3.8, 4) is 6.07 Å². The Morgan fingerprint density at radius 2 is 2.54 bits per heavy atom. The van der Waals surface area contributed by atoms with Crippen LogP contribution in [0.2, 0.25) is 0 Å². The van der Waals surface area contributed by atoms with Crippen LogP contribution in [0.4, 0.5) is 0 Å². The van der Waals surface area contributed by atoms with Gasteiger partial charge in [-0.1, -0.05) is 0 Å². The quantitative estimate of drug-likeness (QED) is 0.689. The standard InChI is InChI=1S/C9H9N3O/c10-4-7-3-8(6-11-5-7)9-1-2-13-12-9/h3,5-6,9,12H,1-2H2/t9-/m0/s1. The Bertz CT molecular complexity index is 339. The Hall–Kier alpha value is -1.44. The molecule has 0 saturated carbocycles. The number of nitriles is 1. The molecular weight excluding hydrogens is 166 g/mol. The van der Waals surface area contributed by atoms with Gasteiger partial charge in [-0.3, -0.25) is 4.98 Å². The molecule has 0 amide bonds. The van der Waals surface area contributed by atoms with Crippen LogP contribution in [0.3, 0.4) is 0 Å². The minimum atomic E-state index is 0.181. The highest BCUT2D eigenvalue weighted by atomic mass is 16.7. The summed E-state index contributed by atoms with van der Waals surface area (Å²) in [5.74, 6) is 0. The van der Waals surface area contributed by atoms with Crippen LogP contribution in [0.1, 0.15) is 23.6 Å². The summed E-state index contributed by atoms with van der Waals surface area (Å²) in [6.45, 7) is 0.710. The number of aromatic nitrogens is 1. The van der Waals surface area contributed by atoms with Gasteiger partial charge in [-0.05, 0) is 18.1 Å². The molecule has 1 aromatic heterocycles. The smallest absolute Gasteiger partial charge is 0.101 e. The summed E-state index contributed by atoms with van der Waals surface area (Å²) >= 11 is 0. The Kier molecular flexibility index (Phi) is 2.21. The zero-order valence-corrected chi connectivity index (χ0v) is 7.03. The highest BCUT2D eigenvalue weighted by Gasteiger charge is 2.17. The molecule has 13 heavy (non-hydrogen) atoms. The van der Waals surface area contributed by atoms with Gasteiger partial charge in [-0.25, -0.2) is 0 Å². The molecule has 1 aliphatic rings. The van der Waals surface area contributed by atoms with Crippen LogP contribution in [-0.2, 0) is 4.84 Å². The van der Waals surface area contributed by atoms with Crippen LogP contribution in [-0.4, -0.2) is 11.6 Å². The van der Waals surface area contributed by atoms with Crippen molar-refractivity contribution in [1.82, 2.24) is 10.5 Å². The molecule has 1 aromatic rings. The zero-order chi connectivity index (χ0) is 9.10. The van der Waals surface area contributed by atoms with Crippen LogP contribution in [0.15, 0.2) is 18.5 Å². The van der Waals surface area contributed by atoms with Crippen molar-refractivity contribution >= 4 is 0 Å². The van der Waals surface area contributed by atoms with Crippen LogP contribution in [0.25, 0.3) is 0 Å². The molecule has 0 spiro atoms. The van der Waals surface area contributed by atoms with E-state index in [2.05, 4.69) is 16.5 Å². The fraction of sp³-hybridized carbons (Fsp3) is 0.333. The zero-order valence-electron chi connectivity index (χ0n) is 7.03. The Morgan fingerprint density at radius 1 is 1.62 bits per heavy atom. The molecule has 0 aromatic carbocycles. The van der Waals surface area contributed by atoms with Crippen molar-refractivity contribution in [3.05, 3.63) is 29.6 Å². The molecular formula is C9H9N3O. The predicted molar refractivity (Wildman–Crippen MR) is 45.4 cm³/mol. The molecule has 1 atom stereocenters. The number of hydrogen-bond acceptors (Lipinski definition) is 4. The molecule has 1 saturated heterocycles. The van der Waals surface area contributed by atoms with E-state index >= 15 is 0 Å². The molecule has 4 heteroatoms. The lowest BCUT2D eigenvalue weighted by molar-refractivity contribution is 0.0882. The molecule has 66 valence electrons. The first-order valence-electron chi connectivity index (χ1n) is 4.12. The molecule has 0 radical (unpaired) electrons. The van der Waals surface area contributed by atoms with Crippen molar-refractivity contribution in [2.45, 2.75) is 12.5 Å². The summed E-state index contributed by atoms with van der Waals surface area (Å²) in [5.41, 5.74) is 4.47. The minimum Gasteiger partial charge on any atom is -0.301 e. The normalized spacial score (nSPS) is 21.3. The molecule has 0 aliphatic carbocycles. The first-order valence-corrected chi connectivity index (χ1v) is 4.12. The highest BCUT2D eigenvalue weighted by molar-refractivity contribution is 5.30. The van der Waals surface area contributed by atoms with E-state index in [0.29, 0.717) is 12.2 Å². The van der Waals surface area contributed by atoms with Gasteiger partial charge in [0.1, 0.15) is 6.07 Å². The van der Waals surface area contributed by atoms with Gasteiger partial charge in [0.05, 0.1) is 18.2 Å². The Labute approximate surface area is 76.1 Å². The molecule has 2 rings (SSSR count). The topological polar surface area (TPSA) is 57.9 Å². The summed E-state index contributed by atoms with van der Waals surface area (Å²) in [4.78, 5) is 9.01. The second-order valence-corrected chi connectivity index (χ2v) is 2.93. The number of nitrogens with zero attached hydrogens (tertiary/aromatic N) is 2. The van der Waals surface area contributed by atoms with E-state index in [4.69, 9.17) is 10.1 Å². The number of pyridine rings is 1. The lowest BCUT2D eigenvalue weighted by Gasteiger charge is -2.07. The van der Waals surface area contributed by atoms with Crippen molar-refractivity contribution in [3.63, 3.8) is 0 Å². The minimum absolute atomic E-state index is 0.181. The second kappa shape index (κ2) is 3.52. The predicted octanol–water partition coefficient (Wildman–Crippen LogP) is 0.919. The summed E-state index contributed by atoms with van der Waals surface area (Å²) in [7, 11) is 0. The molecule has 4 nitrogen and oxygen atoms in total. The Balaban J connectivity index is 2.25. The highest BCUT2D eigenvalue weighted by Crippen LogP contribution is 2.20. The first-order chi connectivity index (χ1) is 6.40. The van der Waals surface area contributed by atoms with Gasteiger partial charge in [0.15, 0.2) is 0 Å². The number of nitrogens with one attached hydrogen (secondary N) is 1. The maximum atomic E-state index is 8.66. The SMILES string of the molecule is N#Cc1cncc([C@@H]2CCON2)c1. The van der Waals surface area contributed by atoms with Gasteiger partial charge in [-0.15, -0.1) is 0 Å². The van der Waals surface area contributed by atoms with Gasteiger partial charge in [0.2, 0.25) is 0 Å². The molecule has 0 bridgehead atoms. The third kappa shape index (κ3) is 1.66. The van der Waals surface area contributed by atoms with E-state index < -0.39 is 0 Å². The summed E-state index contributed by atoms with van der Waals surface area (Å²) in [6, 6.07) is 4.07. The number of rotatable bonds is 1. The van der Waals surface area contributed by atoms with Gasteiger partial charge in [0, 0.05) is 12.4 Å². The van der Waals surface area contributed by atoms with Gasteiger partial charge < -0.3 is 4.84 Å². The van der Waals surface area contributed by atoms with Gasteiger partial charge in [0.25, 0.3) is 0 Å². The number of hydroxylamine groups is 1. The van der Waals surface area contributed by atoms with E-state index in [1.165, 1.54) is 0 Å². The largest absolute Gasteiger partial charge is 0.301 e. The van der Waals surface area contributed by atoms with Crippen molar-refractivity contribution < 1.29 is 4.84 Å². The van der Waals surface area contributed by atoms with Crippen LogP contribution < -0.4 is 5.48 Å². The van der Waals surface area contributed by atoms with Gasteiger partial charge in [-0.2, -0.15) is 10.7 Å². The van der Waals surface area contributed by atoms with Crippen molar-refractivity contribution in [1.29, 1.82) is 5.26 Å². The maximum Gasteiger partial charge on any atom is 0.101 e. The van der Waals surface area contributed by atoms with E-state index in [0.717, 1.165) is 12.0 Å². The average molecular weight is 175 g/mol. The third-order valence-corrected chi connectivity index (χ3v) is 2.03. The summed E-state index contributed by atoms with van der Waals surface area (Å²) in [6.07, 6.45) is 4.24. The molecule has 1 N–H and O–H groups in total. The molecule has 1 aliphatic heterocycles. The van der Waals surface area contributed by atoms with E-state index in [-0.39, 0.29) is 6.04 Å². The van der Waals surface area contributed by atoms with Crippen molar-refractivity contribution in [2.24, 2.45) is 0 Å². The number of hydrogen-bond donors (Lipinski definition) is 1. The Morgan fingerprint density at radius 3 is 3.23 bits per heavy atom. The lowest BCUT2D eigenvalue weighted by atomic mass is 10.1. The second-order valence-electron chi connectivity index (χ2n) is 2.93. The van der Waals surface area contributed by atoms with E-state index in [9.17, 15) is 0 Å². The lowest BCUT2D eigenvalue weighted by Crippen LogP contribution is -2.11. The molecule has 0 unspecified atom stereocenters. The first kappa shape index (κ1) is 8.17. The van der Waals surface area contributed by atoms with Crippen LogP contribution >= 0.6 is 0 Å². The van der Waals surface area contributed by atoms with E-state index in [1.807, 2.05) is 6.07 Å². The average Bonchev–Trinajstić information content (AvgIpc) is 2.71. The fourth-order valence-electron chi connectivity index (χ4n) is 1.34.